The molecule has 0 unspecified atom stereocenters. The van der Waals surface area contributed by atoms with E-state index < -0.39 is 0 Å². The van der Waals surface area contributed by atoms with E-state index in [0.717, 1.165) is 29.5 Å². The van der Waals surface area contributed by atoms with Gasteiger partial charge in [0, 0.05) is 18.3 Å². The zero-order chi connectivity index (χ0) is 18.1. The molecule has 2 rings (SSSR count). The molecule has 2 N–H and O–H groups in total. The van der Waals surface area contributed by atoms with Crippen LogP contribution in [0, 0.1) is 0 Å². The van der Waals surface area contributed by atoms with Crippen LogP contribution in [0.15, 0.2) is 53.7 Å². The van der Waals surface area contributed by atoms with Gasteiger partial charge in [0.1, 0.15) is 12.4 Å². The first kappa shape index (κ1) is 18.8. The highest BCUT2D eigenvalue weighted by molar-refractivity contribution is 5.80. The predicted molar refractivity (Wildman–Crippen MR) is 103 cm³/mol. The average Bonchev–Trinajstić information content (AvgIpc) is 2.58. The maximum Gasteiger partial charge on any atom is 0.191 e. The van der Waals surface area contributed by atoms with Gasteiger partial charge in [-0.05, 0) is 57.5 Å². The van der Waals surface area contributed by atoms with Gasteiger partial charge in [-0.15, -0.1) is 0 Å². The van der Waals surface area contributed by atoms with E-state index in [4.69, 9.17) is 4.74 Å². The second-order valence-electron chi connectivity index (χ2n) is 6.83. The zero-order valence-electron chi connectivity index (χ0n) is 15.5. The Morgan fingerprint density at radius 3 is 2.68 bits per heavy atom. The van der Waals surface area contributed by atoms with Gasteiger partial charge in [0.15, 0.2) is 5.96 Å². The van der Waals surface area contributed by atoms with E-state index in [1.54, 1.807) is 6.20 Å². The van der Waals surface area contributed by atoms with E-state index in [9.17, 15) is 0 Å². The number of ether oxygens (including phenoxy) is 1. The lowest BCUT2D eigenvalue weighted by atomic mass is 10.1. The number of hydrogen-bond acceptors (Lipinski definition) is 3. The van der Waals surface area contributed by atoms with Gasteiger partial charge >= 0.3 is 0 Å². The van der Waals surface area contributed by atoms with Crippen LogP contribution in [-0.4, -0.2) is 23.0 Å². The van der Waals surface area contributed by atoms with Crippen molar-refractivity contribution >= 4 is 5.96 Å². The summed E-state index contributed by atoms with van der Waals surface area (Å²) in [4.78, 5) is 8.92. The fourth-order valence-corrected chi connectivity index (χ4v) is 2.21. The molecule has 0 atom stereocenters. The molecule has 25 heavy (non-hydrogen) atoms. The summed E-state index contributed by atoms with van der Waals surface area (Å²) < 4.78 is 5.83. The Hall–Kier alpha value is -2.56. The number of pyridine rings is 1. The van der Waals surface area contributed by atoms with Gasteiger partial charge in [-0.25, -0.2) is 4.99 Å². The van der Waals surface area contributed by atoms with Gasteiger partial charge in [0.05, 0.1) is 12.2 Å². The van der Waals surface area contributed by atoms with E-state index in [2.05, 4.69) is 54.4 Å². The number of aromatic nitrogens is 1. The van der Waals surface area contributed by atoms with Crippen molar-refractivity contribution in [3.63, 3.8) is 0 Å². The van der Waals surface area contributed by atoms with Crippen LogP contribution in [0.3, 0.4) is 0 Å². The molecular weight excluding hydrogens is 312 g/mol. The van der Waals surface area contributed by atoms with Crippen LogP contribution >= 0.6 is 0 Å². The summed E-state index contributed by atoms with van der Waals surface area (Å²) in [5.74, 6) is 1.64. The molecule has 0 bridgehead atoms. The molecule has 0 saturated heterocycles. The van der Waals surface area contributed by atoms with Crippen LogP contribution < -0.4 is 15.4 Å². The molecule has 0 spiro atoms. The maximum absolute atomic E-state index is 5.83. The Balaban J connectivity index is 1.98. The molecule has 1 aromatic carbocycles. The number of aliphatic imine (C=N–C) groups is 1. The van der Waals surface area contributed by atoms with E-state index >= 15 is 0 Å². The van der Waals surface area contributed by atoms with Gasteiger partial charge in [-0.1, -0.05) is 18.2 Å². The molecule has 0 amide bonds. The molecular formula is C20H28N4O. The van der Waals surface area contributed by atoms with Gasteiger partial charge in [0.2, 0.25) is 0 Å². The number of nitrogens with zero attached hydrogens (tertiary/aromatic N) is 2. The fourth-order valence-electron chi connectivity index (χ4n) is 2.21. The average molecular weight is 340 g/mol. The van der Waals surface area contributed by atoms with E-state index in [1.807, 2.05) is 36.4 Å². The van der Waals surface area contributed by atoms with Crippen LogP contribution in [0.2, 0.25) is 0 Å². The molecule has 1 heterocycles. The van der Waals surface area contributed by atoms with Crippen molar-refractivity contribution < 1.29 is 4.74 Å². The Kier molecular flexibility index (Phi) is 6.81. The van der Waals surface area contributed by atoms with Crippen LogP contribution in [0.5, 0.6) is 5.75 Å². The smallest absolute Gasteiger partial charge is 0.191 e. The second kappa shape index (κ2) is 9.06. The summed E-state index contributed by atoms with van der Waals surface area (Å²) >= 11 is 0. The van der Waals surface area contributed by atoms with Crippen LogP contribution in [0.4, 0.5) is 0 Å². The van der Waals surface area contributed by atoms with Crippen molar-refractivity contribution in [2.24, 2.45) is 4.99 Å². The fraction of sp³-hybridized carbons (Fsp3) is 0.400. The van der Waals surface area contributed by atoms with Gasteiger partial charge in [-0.2, -0.15) is 0 Å². The second-order valence-corrected chi connectivity index (χ2v) is 6.83. The molecule has 0 aliphatic rings. The van der Waals surface area contributed by atoms with Gasteiger partial charge in [-0.3, -0.25) is 4.98 Å². The largest absolute Gasteiger partial charge is 0.487 e. The third-order valence-corrected chi connectivity index (χ3v) is 3.27. The first-order chi connectivity index (χ1) is 12.0. The van der Waals surface area contributed by atoms with Crippen molar-refractivity contribution in [1.82, 2.24) is 15.6 Å². The quantitative estimate of drug-likeness (QED) is 0.624. The van der Waals surface area contributed by atoms with E-state index in [1.165, 1.54) is 0 Å². The molecule has 1 aromatic heterocycles. The maximum atomic E-state index is 5.83. The molecule has 0 radical (unpaired) electrons. The summed E-state index contributed by atoms with van der Waals surface area (Å²) in [6, 6.07) is 13.8. The normalized spacial score (nSPS) is 11.9. The Labute approximate surface area is 150 Å². The minimum absolute atomic E-state index is 0.0331. The monoisotopic (exact) mass is 340 g/mol. The third kappa shape index (κ3) is 7.25. The highest BCUT2D eigenvalue weighted by atomic mass is 16.5. The Morgan fingerprint density at radius 2 is 2.00 bits per heavy atom. The topological polar surface area (TPSA) is 58.5 Å². The van der Waals surface area contributed by atoms with Crippen molar-refractivity contribution in [1.29, 1.82) is 0 Å². The van der Waals surface area contributed by atoms with Crippen LogP contribution in [-0.2, 0) is 13.2 Å². The van der Waals surface area contributed by atoms with Crippen LogP contribution in [0.1, 0.15) is 39.0 Å². The lowest BCUT2D eigenvalue weighted by molar-refractivity contribution is 0.301. The summed E-state index contributed by atoms with van der Waals surface area (Å²) in [6.45, 7) is 10.3. The van der Waals surface area contributed by atoms with Crippen molar-refractivity contribution in [2.75, 3.05) is 6.54 Å². The van der Waals surface area contributed by atoms with Crippen molar-refractivity contribution in [3.8, 4) is 5.75 Å². The summed E-state index contributed by atoms with van der Waals surface area (Å²) in [7, 11) is 0. The number of hydrogen-bond donors (Lipinski definition) is 2. The van der Waals surface area contributed by atoms with Crippen molar-refractivity contribution in [2.45, 2.75) is 46.4 Å². The predicted octanol–water partition coefficient (Wildman–Crippen LogP) is 3.51. The molecule has 2 aromatic rings. The summed E-state index contributed by atoms with van der Waals surface area (Å²) in [5, 5.41) is 6.66. The number of benzene rings is 1. The van der Waals surface area contributed by atoms with E-state index in [-0.39, 0.29) is 5.54 Å². The van der Waals surface area contributed by atoms with Crippen LogP contribution in [0.25, 0.3) is 0 Å². The van der Waals surface area contributed by atoms with Crippen molar-refractivity contribution in [3.05, 3.63) is 59.9 Å². The van der Waals surface area contributed by atoms with E-state index in [0.29, 0.717) is 13.2 Å². The van der Waals surface area contributed by atoms with Gasteiger partial charge in [0.25, 0.3) is 0 Å². The SMILES string of the molecule is CCNC(=NCc1cccc(OCc2ccccn2)c1)NC(C)(C)C. The standard InChI is InChI=1S/C20H28N4O/c1-5-21-19(24-20(2,3)4)23-14-16-9-8-11-18(13-16)25-15-17-10-6-7-12-22-17/h6-13H,5,14-15H2,1-4H3,(H2,21,23,24). The minimum atomic E-state index is -0.0331. The third-order valence-electron chi connectivity index (χ3n) is 3.27. The lowest BCUT2D eigenvalue weighted by Gasteiger charge is -2.23. The number of rotatable bonds is 6. The first-order valence-electron chi connectivity index (χ1n) is 8.64. The van der Waals surface area contributed by atoms with Gasteiger partial charge < -0.3 is 15.4 Å². The highest BCUT2D eigenvalue weighted by Crippen LogP contribution is 2.15. The zero-order valence-corrected chi connectivity index (χ0v) is 15.5. The molecule has 0 fully saturated rings. The first-order valence-corrected chi connectivity index (χ1v) is 8.64. The number of nitrogens with one attached hydrogen (secondary N) is 2. The molecule has 5 heteroatoms. The summed E-state index contributed by atoms with van der Waals surface area (Å²) in [6.07, 6.45) is 1.77. The highest BCUT2D eigenvalue weighted by Gasteiger charge is 2.11. The molecule has 0 aliphatic heterocycles. The lowest BCUT2D eigenvalue weighted by Crippen LogP contribution is -2.47. The Bertz CT molecular complexity index is 678. The minimum Gasteiger partial charge on any atom is -0.487 e. The molecule has 0 aliphatic carbocycles. The molecule has 0 saturated carbocycles. The molecule has 134 valence electrons. The number of guanidine groups is 1. The molecule has 5 nitrogen and oxygen atoms in total. The summed E-state index contributed by atoms with van der Waals surface area (Å²) in [5.41, 5.74) is 1.98. The Morgan fingerprint density at radius 1 is 1.16 bits per heavy atom.